The molecule has 2 rings (SSSR count). The van der Waals surface area contributed by atoms with Gasteiger partial charge >= 0.3 is 0 Å². The van der Waals surface area contributed by atoms with Gasteiger partial charge in [-0.05, 0) is 56.1 Å². The van der Waals surface area contributed by atoms with E-state index < -0.39 is 0 Å². The van der Waals surface area contributed by atoms with Gasteiger partial charge in [0.1, 0.15) is 5.75 Å². The zero-order chi connectivity index (χ0) is 14.9. The molecule has 2 nitrogen and oxygen atoms in total. The molecule has 2 aromatic carbocycles. The zero-order valence-corrected chi connectivity index (χ0v) is 13.1. The normalized spacial score (nSPS) is 12.1. The fourth-order valence-electron chi connectivity index (χ4n) is 2.13. The van der Waals surface area contributed by atoms with E-state index in [0.717, 1.165) is 36.8 Å². The average Bonchev–Trinajstić information content (AvgIpc) is 2.53. The quantitative estimate of drug-likeness (QED) is 0.704. The van der Waals surface area contributed by atoms with Gasteiger partial charge in [0, 0.05) is 11.1 Å². The average molecular weight is 304 g/mol. The highest BCUT2D eigenvalue weighted by atomic mass is 35.5. The maximum absolute atomic E-state index is 5.83. The van der Waals surface area contributed by atoms with Crippen molar-refractivity contribution in [3.8, 4) is 5.75 Å². The topological polar surface area (TPSA) is 21.3 Å². The Balaban J connectivity index is 1.57. The van der Waals surface area contributed by atoms with Crippen LogP contribution in [0.2, 0.25) is 5.02 Å². The second-order valence-electron chi connectivity index (χ2n) is 5.10. The molecule has 0 fully saturated rings. The van der Waals surface area contributed by atoms with E-state index in [4.69, 9.17) is 16.3 Å². The highest BCUT2D eigenvalue weighted by molar-refractivity contribution is 6.30. The molecule has 0 heterocycles. The molecule has 0 spiro atoms. The second-order valence-corrected chi connectivity index (χ2v) is 5.53. The number of unbranched alkanes of at least 4 members (excludes halogenated alkanes) is 1. The smallest absolute Gasteiger partial charge is 0.119 e. The molecule has 0 amide bonds. The van der Waals surface area contributed by atoms with Crippen LogP contribution >= 0.6 is 11.6 Å². The largest absolute Gasteiger partial charge is 0.494 e. The van der Waals surface area contributed by atoms with Gasteiger partial charge in [-0.25, -0.2) is 0 Å². The second kappa shape index (κ2) is 8.71. The molecule has 112 valence electrons. The predicted octanol–water partition coefficient (Wildman–Crippen LogP) is 4.85. The summed E-state index contributed by atoms with van der Waals surface area (Å²) in [5, 5.41) is 4.27. The first-order valence-electron chi connectivity index (χ1n) is 7.42. The van der Waals surface area contributed by atoms with E-state index >= 15 is 0 Å². The van der Waals surface area contributed by atoms with Crippen LogP contribution in [-0.4, -0.2) is 13.2 Å². The van der Waals surface area contributed by atoms with E-state index in [1.807, 2.05) is 30.3 Å². The van der Waals surface area contributed by atoms with Gasteiger partial charge in [-0.2, -0.15) is 0 Å². The number of hydrogen-bond donors (Lipinski definition) is 1. The minimum atomic E-state index is 0.392. The van der Waals surface area contributed by atoms with Crippen LogP contribution in [0.1, 0.15) is 31.4 Å². The Kier molecular flexibility index (Phi) is 6.58. The first-order chi connectivity index (χ1) is 10.3. The summed E-state index contributed by atoms with van der Waals surface area (Å²) in [7, 11) is 0. The Bertz CT molecular complexity index is 513. The fraction of sp³-hybridized carbons (Fsp3) is 0.333. The Morgan fingerprint density at radius 1 is 1.00 bits per heavy atom. The van der Waals surface area contributed by atoms with E-state index in [2.05, 4.69) is 36.5 Å². The first kappa shape index (κ1) is 15.9. The minimum absolute atomic E-state index is 0.392. The van der Waals surface area contributed by atoms with E-state index in [1.54, 1.807) is 0 Å². The summed E-state index contributed by atoms with van der Waals surface area (Å²) < 4.78 is 5.67. The van der Waals surface area contributed by atoms with Crippen molar-refractivity contribution in [1.82, 2.24) is 5.32 Å². The molecule has 3 heteroatoms. The maximum Gasteiger partial charge on any atom is 0.119 e. The van der Waals surface area contributed by atoms with Crippen LogP contribution in [0.5, 0.6) is 5.75 Å². The van der Waals surface area contributed by atoms with Crippen molar-refractivity contribution in [1.29, 1.82) is 0 Å². The van der Waals surface area contributed by atoms with Crippen molar-refractivity contribution >= 4 is 11.6 Å². The Hall–Kier alpha value is -1.51. The summed E-state index contributed by atoms with van der Waals surface area (Å²) in [5.74, 6) is 0.880. The molecule has 0 aromatic heterocycles. The molecular weight excluding hydrogens is 282 g/mol. The lowest BCUT2D eigenvalue weighted by atomic mass is 10.1. The van der Waals surface area contributed by atoms with Crippen LogP contribution in [0.3, 0.4) is 0 Å². The van der Waals surface area contributed by atoms with Gasteiger partial charge in [0.15, 0.2) is 0 Å². The van der Waals surface area contributed by atoms with Crippen LogP contribution in [0.15, 0.2) is 54.6 Å². The molecule has 0 aliphatic carbocycles. The maximum atomic E-state index is 5.83. The Labute approximate surface area is 132 Å². The van der Waals surface area contributed by atoms with E-state index in [-0.39, 0.29) is 0 Å². The molecule has 1 unspecified atom stereocenters. The molecule has 0 saturated carbocycles. The SMILES string of the molecule is CC(NCCCCOc1ccc(Cl)cc1)c1ccccc1. The highest BCUT2D eigenvalue weighted by Crippen LogP contribution is 2.15. The van der Waals surface area contributed by atoms with Crippen molar-refractivity contribution in [3.05, 3.63) is 65.2 Å². The van der Waals surface area contributed by atoms with Crippen molar-refractivity contribution in [2.45, 2.75) is 25.8 Å². The summed E-state index contributed by atoms with van der Waals surface area (Å²) in [5.41, 5.74) is 1.33. The highest BCUT2D eigenvalue weighted by Gasteiger charge is 2.02. The number of halogens is 1. The van der Waals surface area contributed by atoms with Crippen molar-refractivity contribution in [2.24, 2.45) is 0 Å². The summed E-state index contributed by atoms with van der Waals surface area (Å²) in [6, 6.07) is 18.4. The molecule has 0 radical (unpaired) electrons. The monoisotopic (exact) mass is 303 g/mol. The van der Waals surface area contributed by atoms with Gasteiger partial charge in [-0.15, -0.1) is 0 Å². The number of hydrogen-bond acceptors (Lipinski definition) is 2. The molecule has 0 saturated heterocycles. The van der Waals surface area contributed by atoms with Crippen LogP contribution in [0.4, 0.5) is 0 Å². The molecule has 0 bridgehead atoms. The van der Waals surface area contributed by atoms with Crippen LogP contribution < -0.4 is 10.1 Å². The fourth-order valence-corrected chi connectivity index (χ4v) is 2.25. The third kappa shape index (κ3) is 5.78. The van der Waals surface area contributed by atoms with E-state index in [9.17, 15) is 0 Å². The Morgan fingerprint density at radius 3 is 2.43 bits per heavy atom. The van der Waals surface area contributed by atoms with Gasteiger partial charge in [0.25, 0.3) is 0 Å². The van der Waals surface area contributed by atoms with Crippen LogP contribution in [-0.2, 0) is 0 Å². The van der Waals surface area contributed by atoms with Crippen molar-refractivity contribution in [2.75, 3.05) is 13.2 Å². The number of benzene rings is 2. The molecule has 0 aliphatic heterocycles. The molecule has 1 atom stereocenters. The molecular formula is C18H22ClNO. The van der Waals surface area contributed by atoms with Crippen molar-refractivity contribution in [3.63, 3.8) is 0 Å². The van der Waals surface area contributed by atoms with Crippen molar-refractivity contribution < 1.29 is 4.74 Å². The molecule has 2 aromatic rings. The van der Waals surface area contributed by atoms with Gasteiger partial charge < -0.3 is 10.1 Å². The molecule has 0 aliphatic rings. The minimum Gasteiger partial charge on any atom is -0.494 e. The number of nitrogens with one attached hydrogen (secondary N) is 1. The van der Waals surface area contributed by atoms with Crippen LogP contribution in [0, 0.1) is 0 Å². The predicted molar refractivity (Wildman–Crippen MR) is 89.0 cm³/mol. The number of ether oxygens (including phenoxy) is 1. The third-order valence-corrected chi connectivity index (χ3v) is 3.66. The van der Waals surface area contributed by atoms with Crippen LogP contribution in [0.25, 0.3) is 0 Å². The van der Waals surface area contributed by atoms with E-state index in [1.165, 1.54) is 5.56 Å². The van der Waals surface area contributed by atoms with E-state index in [0.29, 0.717) is 6.04 Å². The van der Waals surface area contributed by atoms with Gasteiger partial charge in [-0.3, -0.25) is 0 Å². The molecule has 21 heavy (non-hydrogen) atoms. The lowest BCUT2D eigenvalue weighted by molar-refractivity contribution is 0.305. The lowest BCUT2D eigenvalue weighted by Crippen LogP contribution is -2.20. The number of rotatable bonds is 8. The molecule has 1 N–H and O–H groups in total. The Morgan fingerprint density at radius 2 is 1.71 bits per heavy atom. The zero-order valence-electron chi connectivity index (χ0n) is 12.4. The summed E-state index contributed by atoms with van der Waals surface area (Å²) in [4.78, 5) is 0. The van der Waals surface area contributed by atoms with Gasteiger partial charge in [0.2, 0.25) is 0 Å². The van der Waals surface area contributed by atoms with Gasteiger partial charge in [-0.1, -0.05) is 41.9 Å². The summed E-state index contributed by atoms with van der Waals surface area (Å²) in [6.45, 7) is 3.93. The first-order valence-corrected chi connectivity index (χ1v) is 7.80. The van der Waals surface area contributed by atoms with Gasteiger partial charge in [0.05, 0.1) is 6.61 Å². The standard InChI is InChI=1S/C18H22ClNO/c1-15(16-7-3-2-4-8-16)20-13-5-6-14-21-18-11-9-17(19)10-12-18/h2-4,7-12,15,20H,5-6,13-14H2,1H3. The summed E-state index contributed by atoms with van der Waals surface area (Å²) >= 11 is 5.83. The third-order valence-electron chi connectivity index (χ3n) is 3.40. The summed E-state index contributed by atoms with van der Waals surface area (Å²) in [6.07, 6.45) is 2.14. The lowest BCUT2D eigenvalue weighted by Gasteiger charge is -2.14.